The van der Waals surface area contributed by atoms with Crippen molar-refractivity contribution in [1.29, 1.82) is 0 Å². The first kappa shape index (κ1) is 18.0. The number of carbonyl (C=O) groups is 1. The van der Waals surface area contributed by atoms with Gasteiger partial charge in [0.15, 0.2) is 0 Å². The normalized spacial score (nSPS) is 17.9. The van der Waals surface area contributed by atoms with Crippen molar-refractivity contribution in [3.8, 4) is 0 Å². The highest BCUT2D eigenvalue weighted by Crippen LogP contribution is 2.21. The molecule has 6 heteroatoms. The highest BCUT2D eigenvalue weighted by Gasteiger charge is 2.29. The lowest BCUT2D eigenvalue weighted by molar-refractivity contribution is 0.0785. The molecule has 1 fully saturated rings. The highest BCUT2D eigenvalue weighted by molar-refractivity contribution is 5.96. The summed E-state index contributed by atoms with van der Waals surface area (Å²) in [6, 6.07) is 0. The minimum Gasteiger partial charge on any atom is -0.338 e. The van der Waals surface area contributed by atoms with Gasteiger partial charge in [-0.25, -0.2) is 0 Å². The lowest BCUT2D eigenvalue weighted by Gasteiger charge is -2.17. The van der Waals surface area contributed by atoms with Gasteiger partial charge in [-0.3, -0.25) is 9.48 Å². The van der Waals surface area contributed by atoms with E-state index in [2.05, 4.69) is 17.3 Å². The van der Waals surface area contributed by atoms with Crippen molar-refractivity contribution in [2.24, 2.45) is 5.92 Å². The maximum atomic E-state index is 12.7. The van der Waals surface area contributed by atoms with Crippen LogP contribution in [0.4, 0.5) is 0 Å². The molecule has 1 N–H and O–H groups in total. The molecule has 120 valence electrons. The summed E-state index contributed by atoms with van der Waals surface area (Å²) in [7, 11) is 1.97. The van der Waals surface area contributed by atoms with E-state index in [1.807, 2.05) is 30.5 Å². The minimum atomic E-state index is 0. The van der Waals surface area contributed by atoms with Gasteiger partial charge in [0.2, 0.25) is 0 Å². The maximum absolute atomic E-state index is 12.7. The Morgan fingerprint density at radius 1 is 1.43 bits per heavy atom. The van der Waals surface area contributed by atoms with Crippen LogP contribution in [0.3, 0.4) is 0 Å². The number of amides is 1. The van der Waals surface area contributed by atoms with Gasteiger partial charge in [-0.15, -0.1) is 12.4 Å². The summed E-state index contributed by atoms with van der Waals surface area (Å²) >= 11 is 0. The van der Waals surface area contributed by atoms with Gasteiger partial charge in [-0.2, -0.15) is 5.10 Å². The molecule has 0 bridgehead atoms. The summed E-state index contributed by atoms with van der Waals surface area (Å²) in [4.78, 5) is 14.7. The molecule has 0 spiro atoms. The van der Waals surface area contributed by atoms with Crippen molar-refractivity contribution in [2.75, 3.05) is 26.7 Å². The Morgan fingerprint density at radius 3 is 2.76 bits per heavy atom. The van der Waals surface area contributed by atoms with E-state index in [-0.39, 0.29) is 18.3 Å². The molecule has 0 radical (unpaired) electrons. The zero-order chi connectivity index (χ0) is 14.7. The molecule has 1 amide bonds. The molecule has 1 atom stereocenters. The number of aromatic nitrogens is 2. The summed E-state index contributed by atoms with van der Waals surface area (Å²) < 4.78 is 1.96. The van der Waals surface area contributed by atoms with E-state index in [4.69, 9.17) is 0 Å². The van der Waals surface area contributed by atoms with Crippen LogP contribution in [0.15, 0.2) is 0 Å². The molecule has 0 saturated carbocycles. The Balaban J connectivity index is 0.00000220. The fraction of sp³-hybridized carbons (Fsp3) is 0.733. The molecule has 2 rings (SSSR count). The number of halogens is 1. The highest BCUT2D eigenvalue weighted by atomic mass is 35.5. The lowest BCUT2D eigenvalue weighted by Crippen LogP contribution is -2.31. The monoisotopic (exact) mass is 314 g/mol. The second-order valence-corrected chi connectivity index (χ2v) is 5.73. The van der Waals surface area contributed by atoms with Gasteiger partial charge in [0.05, 0.1) is 11.3 Å². The topological polar surface area (TPSA) is 50.2 Å². The standard InChI is InChI=1S/C15H26N4O.ClH/c1-5-7-19-12(3)14(11(2)17-19)15(20)18-8-6-13(10-18)9-16-4;/h13,16H,5-10H2,1-4H3;1H. The van der Waals surface area contributed by atoms with Gasteiger partial charge in [-0.1, -0.05) is 6.92 Å². The Morgan fingerprint density at radius 2 is 2.14 bits per heavy atom. The SMILES string of the molecule is CCCn1nc(C)c(C(=O)N2CCC(CNC)C2)c1C.Cl. The largest absolute Gasteiger partial charge is 0.338 e. The third-order valence-corrected chi connectivity index (χ3v) is 4.10. The number of nitrogens with one attached hydrogen (secondary N) is 1. The van der Waals surface area contributed by atoms with E-state index in [0.717, 1.165) is 56.0 Å². The molecule has 1 unspecified atom stereocenters. The van der Waals surface area contributed by atoms with Crippen LogP contribution in [0.5, 0.6) is 0 Å². The van der Waals surface area contributed by atoms with Crippen molar-refractivity contribution in [3.63, 3.8) is 0 Å². The van der Waals surface area contributed by atoms with Crippen LogP contribution in [0, 0.1) is 19.8 Å². The third kappa shape index (κ3) is 3.77. The molecular formula is C15H27ClN4O. The Labute approximate surface area is 133 Å². The van der Waals surface area contributed by atoms with E-state index < -0.39 is 0 Å². The van der Waals surface area contributed by atoms with Crippen LogP contribution < -0.4 is 5.32 Å². The van der Waals surface area contributed by atoms with Crippen molar-refractivity contribution < 1.29 is 4.79 Å². The molecule has 5 nitrogen and oxygen atoms in total. The van der Waals surface area contributed by atoms with Gasteiger partial charge in [0.1, 0.15) is 0 Å². The minimum absolute atomic E-state index is 0. The molecule has 1 aromatic heterocycles. The van der Waals surface area contributed by atoms with E-state index in [1.165, 1.54) is 0 Å². The van der Waals surface area contributed by atoms with Crippen molar-refractivity contribution >= 4 is 18.3 Å². The van der Waals surface area contributed by atoms with Gasteiger partial charge >= 0.3 is 0 Å². The van der Waals surface area contributed by atoms with Crippen molar-refractivity contribution in [2.45, 2.75) is 40.2 Å². The quantitative estimate of drug-likeness (QED) is 0.904. The van der Waals surface area contributed by atoms with Crippen LogP contribution in [0.2, 0.25) is 0 Å². The van der Waals surface area contributed by atoms with Crippen LogP contribution >= 0.6 is 12.4 Å². The average Bonchev–Trinajstić information content (AvgIpc) is 2.96. The number of aryl methyl sites for hydroxylation is 2. The Hall–Kier alpha value is -1.07. The van der Waals surface area contributed by atoms with Gasteiger partial charge in [-0.05, 0) is 46.2 Å². The molecule has 1 aliphatic heterocycles. The van der Waals surface area contributed by atoms with Crippen LogP contribution in [-0.2, 0) is 6.54 Å². The zero-order valence-electron chi connectivity index (χ0n) is 13.5. The summed E-state index contributed by atoms with van der Waals surface area (Å²) in [5.74, 6) is 0.733. The molecule has 0 aromatic carbocycles. The fourth-order valence-corrected chi connectivity index (χ4v) is 3.07. The number of likely N-dealkylation sites (tertiary alicyclic amines) is 1. The molecule has 2 heterocycles. The zero-order valence-corrected chi connectivity index (χ0v) is 14.3. The van der Waals surface area contributed by atoms with Crippen LogP contribution in [-0.4, -0.2) is 47.3 Å². The van der Waals surface area contributed by atoms with E-state index in [1.54, 1.807) is 0 Å². The number of nitrogens with zero attached hydrogens (tertiary/aromatic N) is 3. The smallest absolute Gasteiger partial charge is 0.257 e. The molecule has 1 saturated heterocycles. The molecule has 0 aliphatic carbocycles. The average molecular weight is 315 g/mol. The first-order valence-electron chi connectivity index (χ1n) is 7.56. The first-order chi connectivity index (χ1) is 9.58. The predicted molar refractivity (Wildman–Crippen MR) is 87.2 cm³/mol. The molecule has 21 heavy (non-hydrogen) atoms. The number of carbonyl (C=O) groups excluding carboxylic acids is 1. The van der Waals surface area contributed by atoms with Gasteiger partial charge < -0.3 is 10.2 Å². The number of rotatable bonds is 5. The fourth-order valence-electron chi connectivity index (χ4n) is 3.07. The van der Waals surface area contributed by atoms with E-state index >= 15 is 0 Å². The number of hydrogen-bond acceptors (Lipinski definition) is 3. The number of hydrogen-bond donors (Lipinski definition) is 1. The molecule has 1 aliphatic rings. The maximum Gasteiger partial charge on any atom is 0.257 e. The molecule has 1 aromatic rings. The Kier molecular flexibility index (Phi) is 6.68. The second-order valence-electron chi connectivity index (χ2n) is 5.73. The predicted octanol–water partition coefficient (Wildman–Crippen LogP) is 2.01. The second kappa shape index (κ2) is 7.80. The van der Waals surface area contributed by atoms with Gasteiger partial charge in [0.25, 0.3) is 5.91 Å². The summed E-state index contributed by atoms with van der Waals surface area (Å²) in [6.07, 6.45) is 2.12. The summed E-state index contributed by atoms with van der Waals surface area (Å²) in [6.45, 7) is 9.65. The molecular weight excluding hydrogens is 288 g/mol. The lowest BCUT2D eigenvalue weighted by atomic mass is 10.1. The third-order valence-electron chi connectivity index (χ3n) is 4.10. The van der Waals surface area contributed by atoms with Crippen molar-refractivity contribution in [1.82, 2.24) is 20.0 Å². The van der Waals surface area contributed by atoms with E-state index in [9.17, 15) is 4.79 Å². The first-order valence-corrected chi connectivity index (χ1v) is 7.56. The van der Waals surface area contributed by atoms with Crippen LogP contribution in [0.25, 0.3) is 0 Å². The van der Waals surface area contributed by atoms with Gasteiger partial charge in [0, 0.05) is 25.3 Å². The van der Waals surface area contributed by atoms with Crippen LogP contribution in [0.1, 0.15) is 41.5 Å². The van der Waals surface area contributed by atoms with E-state index in [0.29, 0.717) is 5.92 Å². The Bertz CT molecular complexity index is 486. The summed E-state index contributed by atoms with van der Waals surface area (Å²) in [5, 5.41) is 7.70. The summed E-state index contributed by atoms with van der Waals surface area (Å²) in [5.41, 5.74) is 2.67. The van der Waals surface area contributed by atoms with Crippen molar-refractivity contribution in [3.05, 3.63) is 17.0 Å².